The van der Waals surface area contributed by atoms with Gasteiger partial charge in [0.25, 0.3) is 0 Å². The summed E-state index contributed by atoms with van der Waals surface area (Å²) in [5, 5.41) is 0. The maximum atomic E-state index is 12.1. The van der Waals surface area contributed by atoms with Gasteiger partial charge in [-0.2, -0.15) is 0 Å². The molecule has 0 radical (unpaired) electrons. The predicted octanol–water partition coefficient (Wildman–Crippen LogP) is 3.10. The molecule has 0 saturated heterocycles. The van der Waals surface area contributed by atoms with Gasteiger partial charge in [0, 0.05) is 12.1 Å². The molecule has 0 aliphatic rings. The molecule has 18 heavy (non-hydrogen) atoms. The second-order valence-corrected chi connectivity index (χ2v) is 4.90. The number of hydrogen-bond donors (Lipinski definition) is 0. The molecule has 1 rings (SSSR count). The number of amides is 1. The van der Waals surface area contributed by atoms with Crippen LogP contribution in [0.3, 0.4) is 0 Å². The number of rotatable bonds is 6. The highest BCUT2D eigenvalue weighted by Gasteiger charge is 2.19. The Hall–Kier alpha value is -1.51. The van der Waals surface area contributed by atoms with Crippen molar-refractivity contribution in [3.63, 3.8) is 0 Å². The second-order valence-electron chi connectivity index (χ2n) is 4.90. The Morgan fingerprint density at radius 1 is 1.11 bits per heavy atom. The molecule has 0 aliphatic carbocycles. The highest BCUT2D eigenvalue weighted by atomic mass is 16.5. The summed E-state index contributed by atoms with van der Waals surface area (Å²) >= 11 is 0. The summed E-state index contributed by atoms with van der Waals surface area (Å²) in [6, 6.07) is 10.0. The van der Waals surface area contributed by atoms with Crippen molar-refractivity contribution in [2.45, 2.75) is 46.2 Å². The fraction of sp³-hybridized carbons (Fsp3) is 0.533. The van der Waals surface area contributed by atoms with E-state index in [0.29, 0.717) is 13.0 Å². The van der Waals surface area contributed by atoms with Gasteiger partial charge in [-0.1, -0.05) is 18.2 Å². The number of carbonyl (C=O) groups excluding carboxylic acids is 1. The second kappa shape index (κ2) is 7.04. The first-order chi connectivity index (χ1) is 8.52. The Bertz CT molecular complexity index is 352. The van der Waals surface area contributed by atoms with Crippen LogP contribution >= 0.6 is 0 Å². The number of benzene rings is 1. The van der Waals surface area contributed by atoms with Crippen molar-refractivity contribution in [2.75, 3.05) is 6.61 Å². The SMILES string of the molecule is CC(C)N(C(=O)CCOc1ccccc1)C(C)C. The molecule has 1 amide bonds. The molecule has 0 atom stereocenters. The Morgan fingerprint density at radius 2 is 1.67 bits per heavy atom. The first-order valence-corrected chi connectivity index (χ1v) is 6.51. The average Bonchev–Trinajstić information content (AvgIpc) is 2.29. The van der Waals surface area contributed by atoms with E-state index in [1.807, 2.05) is 62.9 Å². The van der Waals surface area contributed by atoms with E-state index < -0.39 is 0 Å². The number of hydrogen-bond acceptors (Lipinski definition) is 2. The molecule has 0 aromatic heterocycles. The van der Waals surface area contributed by atoms with Crippen molar-refractivity contribution < 1.29 is 9.53 Å². The highest BCUT2D eigenvalue weighted by Crippen LogP contribution is 2.11. The van der Waals surface area contributed by atoms with Crippen LogP contribution < -0.4 is 4.74 Å². The van der Waals surface area contributed by atoms with Crippen LogP contribution in [0.2, 0.25) is 0 Å². The van der Waals surface area contributed by atoms with Crippen LogP contribution in [0.4, 0.5) is 0 Å². The predicted molar refractivity (Wildman–Crippen MR) is 73.7 cm³/mol. The van der Waals surface area contributed by atoms with E-state index in [0.717, 1.165) is 5.75 Å². The quantitative estimate of drug-likeness (QED) is 0.775. The topological polar surface area (TPSA) is 29.5 Å². The summed E-state index contributed by atoms with van der Waals surface area (Å²) in [5.41, 5.74) is 0. The molecule has 0 aliphatic heterocycles. The molecule has 0 fully saturated rings. The molecule has 0 bridgehead atoms. The summed E-state index contributed by atoms with van der Waals surface area (Å²) in [4.78, 5) is 14.0. The maximum Gasteiger partial charge on any atom is 0.226 e. The van der Waals surface area contributed by atoms with E-state index >= 15 is 0 Å². The minimum Gasteiger partial charge on any atom is -0.493 e. The zero-order valence-electron chi connectivity index (χ0n) is 11.7. The van der Waals surface area contributed by atoms with Crippen LogP contribution in [-0.4, -0.2) is 29.5 Å². The van der Waals surface area contributed by atoms with Crippen LogP contribution in [-0.2, 0) is 4.79 Å². The van der Waals surface area contributed by atoms with E-state index in [1.54, 1.807) is 0 Å². The van der Waals surface area contributed by atoms with Crippen LogP contribution in [0.5, 0.6) is 5.75 Å². The van der Waals surface area contributed by atoms with E-state index in [2.05, 4.69) is 0 Å². The fourth-order valence-electron chi connectivity index (χ4n) is 2.07. The minimum atomic E-state index is 0.149. The molecular formula is C15H23NO2. The van der Waals surface area contributed by atoms with Crippen molar-refractivity contribution in [2.24, 2.45) is 0 Å². The van der Waals surface area contributed by atoms with Crippen LogP contribution in [0.25, 0.3) is 0 Å². The molecule has 1 aromatic rings. The molecular weight excluding hydrogens is 226 g/mol. The molecule has 0 heterocycles. The third-order valence-corrected chi connectivity index (χ3v) is 2.73. The fourth-order valence-corrected chi connectivity index (χ4v) is 2.07. The Morgan fingerprint density at radius 3 is 2.17 bits per heavy atom. The number of nitrogens with zero attached hydrogens (tertiary/aromatic N) is 1. The zero-order chi connectivity index (χ0) is 13.5. The van der Waals surface area contributed by atoms with Crippen molar-refractivity contribution in [1.29, 1.82) is 0 Å². The van der Waals surface area contributed by atoms with Gasteiger partial charge in [0.15, 0.2) is 0 Å². The summed E-state index contributed by atoms with van der Waals surface area (Å²) < 4.78 is 5.54. The third kappa shape index (κ3) is 4.40. The number of ether oxygens (including phenoxy) is 1. The molecule has 0 saturated carbocycles. The standard InChI is InChI=1S/C15H23NO2/c1-12(2)16(13(3)4)15(17)10-11-18-14-8-6-5-7-9-14/h5-9,12-13H,10-11H2,1-4H3. The smallest absolute Gasteiger partial charge is 0.226 e. The third-order valence-electron chi connectivity index (χ3n) is 2.73. The van der Waals surface area contributed by atoms with Crippen LogP contribution in [0.15, 0.2) is 30.3 Å². The molecule has 3 heteroatoms. The van der Waals surface area contributed by atoms with Crippen molar-refractivity contribution in [3.8, 4) is 5.75 Å². The normalized spacial score (nSPS) is 10.8. The summed E-state index contributed by atoms with van der Waals surface area (Å²) in [6.07, 6.45) is 0.422. The number of para-hydroxylation sites is 1. The van der Waals surface area contributed by atoms with Crippen molar-refractivity contribution >= 4 is 5.91 Å². The molecule has 3 nitrogen and oxygen atoms in total. The first-order valence-electron chi connectivity index (χ1n) is 6.51. The van der Waals surface area contributed by atoms with Crippen molar-refractivity contribution in [1.82, 2.24) is 4.90 Å². The summed E-state index contributed by atoms with van der Waals surface area (Å²) in [6.45, 7) is 8.58. The van der Waals surface area contributed by atoms with Gasteiger partial charge in [0.2, 0.25) is 5.91 Å². The van der Waals surface area contributed by atoms with Gasteiger partial charge >= 0.3 is 0 Å². The lowest BCUT2D eigenvalue weighted by molar-refractivity contribution is -0.135. The summed E-state index contributed by atoms with van der Waals surface area (Å²) in [5.74, 6) is 0.960. The van der Waals surface area contributed by atoms with Gasteiger partial charge in [-0.15, -0.1) is 0 Å². The van der Waals surface area contributed by atoms with Crippen LogP contribution in [0, 0.1) is 0 Å². The Kier molecular flexibility index (Phi) is 5.69. The monoisotopic (exact) mass is 249 g/mol. The average molecular weight is 249 g/mol. The lowest BCUT2D eigenvalue weighted by Gasteiger charge is -2.30. The van der Waals surface area contributed by atoms with E-state index in [9.17, 15) is 4.79 Å². The highest BCUT2D eigenvalue weighted by molar-refractivity contribution is 5.76. The zero-order valence-corrected chi connectivity index (χ0v) is 11.7. The number of carbonyl (C=O) groups is 1. The first kappa shape index (κ1) is 14.6. The molecule has 0 N–H and O–H groups in total. The van der Waals surface area contributed by atoms with Gasteiger partial charge < -0.3 is 9.64 Å². The lowest BCUT2D eigenvalue weighted by Crippen LogP contribution is -2.42. The van der Waals surface area contributed by atoms with E-state index in [4.69, 9.17) is 4.74 Å². The maximum absolute atomic E-state index is 12.1. The lowest BCUT2D eigenvalue weighted by atomic mass is 10.2. The molecule has 0 spiro atoms. The van der Waals surface area contributed by atoms with Gasteiger partial charge in [0.05, 0.1) is 13.0 Å². The van der Waals surface area contributed by atoms with Crippen LogP contribution in [0.1, 0.15) is 34.1 Å². The van der Waals surface area contributed by atoms with Gasteiger partial charge in [-0.05, 0) is 39.8 Å². The van der Waals surface area contributed by atoms with Crippen molar-refractivity contribution in [3.05, 3.63) is 30.3 Å². The van der Waals surface area contributed by atoms with Gasteiger partial charge in [0.1, 0.15) is 5.75 Å². The largest absolute Gasteiger partial charge is 0.493 e. The van der Waals surface area contributed by atoms with E-state index in [-0.39, 0.29) is 18.0 Å². The Labute approximate surface area is 110 Å². The van der Waals surface area contributed by atoms with Gasteiger partial charge in [-0.3, -0.25) is 4.79 Å². The molecule has 0 unspecified atom stereocenters. The van der Waals surface area contributed by atoms with Gasteiger partial charge in [-0.25, -0.2) is 0 Å². The summed E-state index contributed by atoms with van der Waals surface area (Å²) in [7, 11) is 0. The molecule has 100 valence electrons. The van der Waals surface area contributed by atoms with E-state index in [1.165, 1.54) is 0 Å². The minimum absolute atomic E-state index is 0.149. The Balaban J connectivity index is 2.41. The molecule has 1 aromatic carbocycles.